The summed E-state index contributed by atoms with van der Waals surface area (Å²) in [6.45, 7) is 16.5. The van der Waals surface area contributed by atoms with E-state index in [1.165, 1.54) is 19.1 Å². The van der Waals surface area contributed by atoms with Crippen molar-refractivity contribution in [1.29, 1.82) is 0 Å². The number of hydrogen-bond acceptors (Lipinski definition) is 4. The number of nitrogens with one attached hydrogen (secondary N) is 1. The number of carbonyl (C=O) groups is 2. The molecule has 202 valence electrons. The largest absolute Gasteiger partial charge is 0.327 e. The second-order valence-corrected chi connectivity index (χ2v) is 15.4. The van der Waals surface area contributed by atoms with Crippen LogP contribution in [0.2, 0.25) is 0 Å². The van der Waals surface area contributed by atoms with Crippen molar-refractivity contribution in [2.75, 3.05) is 7.11 Å². The van der Waals surface area contributed by atoms with Crippen molar-refractivity contribution in [3.05, 3.63) is 11.6 Å². The van der Waals surface area contributed by atoms with Crippen LogP contribution >= 0.6 is 0 Å². The van der Waals surface area contributed by atoms with E-state index < -0.39 is 5.41 Å². The maximum atomic E-state index is 14.4. The van der Waals surface area contributed by atoms with E-state index >= 15 is 0 Å². The first kappa shape index (κ1) is 26.4. The molecule has 0 radical (unpaired) electrons. The van der Waals surface area contributed by atoms with Crippen LogP contribution < -0.4 is 11.2 Å². The molecule has 3 N–H and O–H groups in total. The first-order valence-corrected chi connectivity index (χ1v) is 14.4. The van der Waals surface area contributed by atoms with E-state index in [9.17, 15) is 9.59 Å². The molecule has 0 aromatic carbocycles. The Hall–Kier alpha value is -1.20. The zero-order valence-electron chi connectivity index (χ0n) is 24.1. The molecule has 0 saturated heterocycles. The van der Waals surface area contributed by atoms with Gasteiger partial charge in [-0.15, -0.1) is 0 Å². The van der Waals surface area contributed by atoms with Gasteiger partial charge in [-0.2, -0.15) is 0 Å². The molecule has 4 fully saturated rings. The Bertz CT molecular complexity index is 1000. The van der Waals surface area contributed by atoms with Crippen LogP contribution in [0.1, 0.15) is 106 Å². The van der Waals surface area contributed by atoms with Crippen molar-refractivity contribution in [2.24, 2.45) is 56.0 Å². The highest BCUT2D eigenvalue weighted by Crippen LogP contribution is 2.75. The minimum atomic E-state index is -0.479. The number of hydroxylamine groups is 1. The van der Waals surface area contributed by atoms with Crippen LogP contribution in [0.25, 0.3) is 0 Å². The average Bonchev–Trinajstić information content (AvgIpc) is 2.79. The lowest BCUT2D eigenvalue weighted by molar-refractivity contribution is -0.187. The van der Waals surface area contributed by atoms with Gasteiger partial charge in [0.2, 0.25) is 5.91 Å². The Kier molecular flexibility index (Phi) is 5.80. The molecule has 36 heavy (non-hydrogen) atoms. The summed E-state index contributed by atoms with van der Waals surface area (Å²) in [5, 5.41) is 0. The minimum Gasteiger partial charge on any atom is -0.327 e. The van der Waals surface area contributed by atoms with E-state index in [1.807, 2.05) is 0 Å². The highest BCUT2D eigenvalue weighted by atomic mass is 16.6. The third-order valence-electron chi connectivity index (χ3n) is 13.4. The first-order valence-electron chi connectivity index (χ1n) is 14.4. The number of nitrogens with two attached hydrogens (primary N) is 1. The average molecular weight is 499 g/mol. The predicted molar refractivity (Wildman–Crippen MR) is 143 cm³/mol. The number of hydrogen-bond donors (Lipinski definition) is 2. The van der Waals surface area contributed by atoms with E-state index in [0.717, 1.165) is 51.4 Å². The summed E-state index contributed by atoms with van der Waals surface area (Å²) >= 11 is 0. The molecule has 5 heteroatoms. The van der Waals surface area contributed by atoms with Crippen molar-refractivity contribution < 1.29 is 14.4 Å². The standard InChI is InChI=1S/C31H50N2O3/c1-26(2)22-9-12-31(7)24(29(22,5)11-10-23(26)32)21(34)17-19-20-18-28(4,25(35)33-36-8)14-13-27(20,3)15-16-30(19,31)6/h17,20,22-24H,9-16,18,32H2,1-8H3,(H,33,35)/t20-,22?,23+,24-,27-,28+,29+,30-,31-/m1/s1. The molecular formula is C31H50N2O3. The summed E-state index contributed by atoms with van der Waals surface area (Å²) in [5.41, 5.74) is 10.2. The predicted octanol–water partition coefficient (Wildman–Crippen LogP) is 5.97. The Morgan fingerprint density at radius 3 is 2.31 bits per heavy atom. The smallest absolute Gasteiger partial charge is 0.249 e. The maximum Gasteiger partial charge on any atom is 0.249 e. The molecule has 4 saturated carbocycles. The summed E-state index contributed by atoms with van der Waals surface area (Å²) in [5.74, 6) is 1.08. The molecule has 1 unspecified atom stereocenters. The van der Waals surface area contributed by atoms with Crippen LogP contribution in [0.15, 0.2) is 11.6 Å². The van der Waals surface area contributed by atoms with Crippen LogP contribution in [-0.4, -0.2) is 24.8 Å². The molecule has 0 aromatic heterocycles. The van der Waals surface area contributed by atoms with Gasteiger partial charge in [-0.3, -0.25) is 14.4 Å². The van der Waals surface area contributed by atoms with Crippen molar-refractivity contribution in [2.45, 2.75) is 112 Å². The molecule has 5 aliphatic rings. The SMILES string of the molecule is CONC(=O)[C@@]1(C)CC[C@]2(C)CC[C@]3(C)C(=CC(=O)[C@@H]4[C@@]5(C)CC[C@H](N)C(C)(C)C5CC[C@]43C)[C@H]2C1. The van der Waals surface area contributed by atoms with Gasteiger partial charge < -0.3 is 5.73 Å². The van der Waals surface area contributed by atoms with Crippen LogP contribution in [0.5, 0.6) is 0 Å². The molecular weight excluding hydrogens is 448 g/mol. The lowest BCUT2D eigenvalue weighted by Crippen LogP contribution is -2.67. The lowest BCUT2D eigenvalue weighted by Gasteiger charge is -2.70. The summed E-state index contributed by atoms with van der Waals surface area (Å²) < 4.78 is 0. The van der Waals surface area contributed by atoms with Gasteiger partial charge in [0.15, 0.2) is 5.78 Å². The Morgan fingerprint density at radius 2 is 1.64 bits per heavy atom. The number of allylic oxidation sites excluding steroid dienone is 2. The van der Waals surface area contributed by atoms with Crippen LogP contribution in [0, 0.1) is 50.2 Å². The molecule has 9 atom stereocenters. The van der Waals surface area contributed by atoms with Gasteiger partial charge in [-0.1, -0.05) is 54.0 Å². The van der Waals surface area contributed by atoms with E-state index in [-0.39, 0.29) is 50.9 Å². The Balaban J connectivity index is 1.59. The maximum absolute atomic E-state index is 14.4. The van der Waals surface area contributed by atoms with E-state index in [0.29, 0.717) is 11.7 Å². The van der Waals surface area contributed by atoms with E-state index in [2.05, 4.69) is 60.0 Å². The van der Waals surface area contributed by atoms with Gasteiger partial charge >= 0.3 is 0 Å². The van der Waals surface area contributed by atoms with Crippen molar-refractivity contribution in [3.63, 3.8) is 0 Å². The van der Waals surface area contributed by atoms with E-state index in [1.54, 1.807) is 0 Å². The van der Waals surface area contributed by atoms with E-state index in [4.69, 9.17) is 10.6 Å². The Labute approximate surface area is 218 Å². The number of carbonyl (C=O) groups excluding carboxylic acids is 2. The zero-order valence-corrected chi connectivity index (χ0v) is 24.1. The number of fused-ring (bicyclic) bond motifs is 7. The minimum absolute atomic E-state index is 0.0192. The summed E-state index contributed by atoms with van der Waals surface area (Å²) in [6, 6.07) is 0.203. The fourth-order valence-electron chi connectivity index (χ4n) is 10.6. The molecule has 0 aromatic rings. The summed E-state index contributed by atoms with van der Waals surface area (Å²) in [4.78, 5) is 32.4. The fraction of sp³-hybridized carbons (Fsp3) is 0.871. The van der Waals surface area contributed by atoms with Crippen LogP contribution in [-0.2, 0) is 14.4 Å². The number of amides is 1. The quantitative estimate of drug-likeness (QED) is 0.460. The third kappa shape index (κ3) is 3.20. The lowest BCUT2D eigenvalue weighted by atomic mass is 9.33. The molecule has 5 nitrogen and oxygen atoms in total. The van der Waals surface area contributed by atoms with Crippen LogP contribution in [0.4, 0.5) is 0 Å². The molecule has 0 spiro atoms. The molecule has 0 aliphatic heterocycles. The van der Waals surface area contributed by atoms with Gasteiger partial charge in [0.1, 0.15) is 0 Å². The fourth-order valence-corrected chi connectivity index (χ4v) is 10.6. The highest BCUT2D eigenvalue weighted by Gasteiger charge is 2.70. The molecule has 0 bridgehead atoms. The van der Waals surface area contributed by atoms with Gasteiger partial charge in [0.05, 0.1) is 7.11 Å². The normalized spacial score (nSPS) is 51.7. The first-order chi connectivity index (χ1) is 16.6. The van der Waals surface area contributed by atoms with Crippen molar-refractivity contribution >= 4 is 11.7 Å². The third-order valence-corrected chi connectivity index (χ3v) is 13.4. The summed E-state index contributed by atoms with van der Waals surface area (Å²) in [6.07, 6.45) is 11.3. The molecule has 0 heterocycles. The molecule has 5 rings (SSSR count). The topological polar surface area (TPSA) is 81.4 Å². The summed E-state index contributed by atoms with van der Waals surface area (Å²) in [7, 11) is 1.51. The van der Waals surface area contributed by atoms with Crippen molar-refractivity contribution in [1.82, 2.24) is 5.48 Å². The van der Waals surface area contributed by atoms with Gasteiger partial charge in [-0.25, -0.2) is 5.48 Å². The second kappa shape index (κ2) is 7.91. The Morgan fingerprint density at radius 1 is 0.972 bits per heavy atom. The van der Waals surface area contributed by atoms with Crippen molar-refractivity contribution in [3.8, 4) is 0 Å². The monoisotopic (exact) mass is 498 g/mol. The highest BCUT2D eigenvalue weighted by molar-refractivity contribution is 5.95. The molecule has 1 amide bonds. The number of rotatable bonds is 2. The molecule has 5 aliphatic carbocycles. The van der Waals surface area contributed by atoms with Crippen LogP contribution in [0.3, 0.4) is 0 Å². The van der Waals surface area contributed by atoms with Gasteiger partial charge in [0, 0.05) is 17.4 Å². The van der Waals surface area contributed by atoms with Gasteiger partial charge in [0.25, 0.3) is 0 Å². The number of ketones is 1. The zero-order chi connectivity index (χ0) is 26.5. The van der Waals surface area contributed by atoms with Gasteiger partial charge in [-0.05, 0) is 103 Å². The second-order valence-electron chi connectivity index (χ2n) is 15.4.